The van der Waals surface area contributed by atoms with Crippen LogP contribution in [0.2, 0.25) is 0 Å². The first kappa shape index (κ1) is 27.7. The van der Waals surface area contributed by atoms with Gasteiger partial charge in [-0.3, -0.25) is 0 Å². The van der Waals surface area contributed by atoms with Gasteiger partial charge in [0.15, 0.2) is 0 Å². The Hall–Kier alpha value is -0.340. The molecule has 0 aliphatic heterocycles. The molecule has 2 heteroatoms. The summed E-state index contributed by atoms with van der Waals surface area (Å²) in [6, 6.07) is 0. The molecule has 0 saturated carbocycles. The van der Waals surface area contributed by atoms with E-state index in [1.807, 2.05) is 0 Å². The molecule has 0 radical (unpaired) electrons. The Morgan fingerprint density at radius 3 is 1.54 bits per heavy atom. The third kappa shape index (κ3) is 23.7. The largest absolute Gasteiger partial charge is 0.364 e. The summed E-state index contributed by atoms with van der Waals surface area (Å²) in [6.45, 7) is 5.39. The summed E-state index contributed by atoms with van der Waals surface area (Å²) < 4.78 is 5.74. The molecule has 0 fully saturated rings. The zero-order chi connectivity index (χ0) is 20.5. The molecule has 1 atom stereocenters. The zero-order valence-corrected chi connectivity index (χ0v) is 19.6. The maximum Gasteiger partial charge on any atom is 0.105 e. The highest BCUT2D eigenvalue weighted by molar-refractivity contribution is 4.81. The lowest BCUT2D eigenvalue weighted by Gasteiger charge is -2.12. The van der Waals surface area contributed by atoms with E-state index in [4.69, 9.17) is 10.5 Å². The van der Waals surface area contributed by atoms with Crippen LogP contribution in [-0.2, 0) is 4.74 Å². The van der Waals surface area contributed by atoms with Gasteiger partial charge in [-0.05, 0) is 44.9 Å². The number of rotatable bonds is 23. The van der Waals surface area contributed by atoms with Crippen molar-refractivity contribution in [3.8, 4) is 0 Å². The van der Waals surface area contributed by atoms with Crippen molar-refractivity contribution in [1.82, 2.24) is 0 Å². The van der Waals surface area contributed by atoms with Crippen LogP contribution in [0, 0.1) is 0 Å². The molecule has 2 nitrogen and oxygen atoms in total. The van der Waals surface area contributed by atoms with E-state index in [9.17, 15) is 0 Å². The Labute approximate surface area is 178 Å². The predicted molar refractivity (Wildman–Crippen MR) is 127 cm³/mol. The minimum Gasteiger partial charge on any atom is -0.364 e. The van der Waals surface area contributed by atoms with Gasteiger partial charge in [-0.25, -0.2) is 0 Å². The second kappa shape index (κ2) is 24.7. The van der Waals surface area contributed by atoms with E-state index in [-0.39, 0.29) is 6.23 Å². The van der Waals surface area contributed by atoms with E-state index in [1.165, 1.54) is 122 Å². The van der Waals surface area contributed by atoms with E-state index < -0.39 is 0 Å². The second-order valence-corrected chi connectivity index (χ2v) is 8.55. The van der Waals surface area contributed by atoms with Crippen molar-refractivity contribution in [2.75, 3.05) is 6.61 Å². The minimum absolute atomic E-state index is 0.0412. The van der Waals surface area contributed by atoms with E-state index >= 15 is 0 Å². The predicted octanol–water partition coefficient (Wildman–Crippen LogP) is 8.69. The first-order valence-electron chi connectivity index (χ1n) is 12.8. The van der Waals surface area contributed by atoms with Gasteiger partial charge in [0.1, 0.15) is 6.23 Å². The van der Waals surface area contributed by atoms with Crippen LogP contribution in [-0.4, -0.2) is 12.8 Å². The third-order valence-corrected chi connectivity index (χ3v) is 5.58. The van der Waals surface area contributed by atoms with Crippen molar-refractivity contribution in [1.29, 1.82) is 0 Å². The lowest BCUT2D eigenvalue weighted by molar-refractivity contribution is 0.0475. The van der Waals surface area contributed by atoms with Crippen LogP contribution in [0.25, 0.3) is 0 Å². The maximum atomic E-state index is 6.06. The first-order valence-corrected chi connectivity index (χ1v) is 12.8. The summed E-state index contributed by atoms with van der Waals surface area (Å²) in [6.07, 6.45) is 31.1. The molecule has 1 unspecified atom stereocenters. The summed E-state index contributed by atoms with van der Waals surface area (Å²) in [4.78, 5) is 0. The van der Waals surface area contributed by atoms with Crippen LogP contribution in [0.5, 0.6) is 0 Å². The Kier molecular flexibility index (Phi) is 24.4. The van der Waals surface area contributed by atoms with Gasteiger partial charge >= 0.3 is 0 Å². The molecule has 28 heavy (non-hydrogen) atoms. The molecule has 0 aliphatic rings. The average molecular weight is 396 g/mol. The number of allylic oxidation sites excluding steroid dienone is 2. The molecule has 0 aromatic rings. The van der Waals surface area contributed by atoms with Crippen LogP contribution >= 0.6 is 0 Å². The Bertz CT molecular complexity index is 303. The lowest BCUT2D eigenvalue weighted by Crippen LogP contribution is -2.24. The van der Waals surface area contributed by atoms with E-state index in [0.29, 0.717) is 0 Å². The number of nitrogens with two attached hydrogens (primary N) is 1. The fraction of sp³-hybridized carbons (Fsp3) is 0.923. The summed E-state index contributed by atoms with van der Waals surface area (Å²) >= 11 is 0. The average Bonchev–Trinajstić information content (AvgIpc) is 2.70. The Morgan fingerprint density at radius 2 is 1.00 bits per heavy atom. The van der Waals surface area contributed by atoms with E-state index in [1.54, 1.807) is 0 Å². The summed E-state index contributed by atoms with van der Waals surface area (Å²) in [7, 11) is 0. The molecule has 2 N–H and O–H groups in total. The van der Waals surface area contributed by atoms with Crippen molar-refractivity contribution >= 4 is 0 Å². The summed E-state index contributed by atoms with van der Waals surface area (Å²) in [5, 5.41) is 0. The molecule has 0 heterocycles. The fourth-order valence-corrected chi connectivity index (χ4v) is 3.62. The SMILES string of the molecule is CCCCCCCC/C=C\CCCCCCCC(N)OCCCCCCCC. The molecule has 0 aromatic heterocycles. The van der Waals surface area contributed by atoms with Crippen molar-refractivity contribution in [3.05, 3.63) is 12.2 Å². The summed E-state index contributed by atoms with van der Waals surface area (Å²) in [5.41, 5.74) is 6.06. The number of ether oxygens (including phenoxy) is 1. The summed E-state index contributed by atoms with van der Waals surface area (Å²) in [5.74, 6) is 0. The van der Waals surface area contributed by atoms with Crippen LogP contribution in [0.3, 0.4) is 0 Å². The van der Waals surface area contributed by atoms with Gasteiger partial charge in [0.25, 0.3) is 0 Å². The smallest absolute Gasteiger partial charge is 0.105 e. The van der Waals surface area contributed by atoms with Gasteiger partial charge in [-0.2, -0.15) is 0 Å². The highest BCUT2D eigenvalue weighted by atomic mass is 16.5. The molecule has 0 amide bonds. The van der Waals surface area contributed by atoms with Gasteiger partial charge in [-0.15, -0.1) is 0 Å². The lowest BCUT2D eigenvalue weighted by atomic mass is 10.1. The molecule has 168 valence electrons. The maximum absolute atomic E-state index is 6.06. The Morgan fingerprint density at radius 1 is 0.571 bits per heavy atom. The van der Waals surface area contributed by atoms with Gasteiger partial charge < -0.3 is 10.5 Å². The highest BCUT2D eigenvalue weighted by Gasteiger charge is 2.02. The third-order valence-electron chi connectivity index (χ3n) is 5.58. The van der Waals surface area contributed by atoms with Crippen molar-refractivity contribution in [3.63, 3.8) is 0 Å². The zero-order valence-electron chi connectivity index (χ0n) is 19.6. The van der Waals surface area contributed by atoms with Crippen molar-refractivity contribution in [2.24, 2.45) is 5.73 Å². The van der Waals surface area contributed by atoms with Gasteiger partial charge in [-0.1, -0.05) is 109 Å². The van der Waals surface area contributed by atoms with Crippen LogP contribution < -0.4 is 5.73 Å². The second-order valence-electron chi connectivity index (χ2n) is 8.55. The van der Waals surface area contributed by atoms with Gasteiger partial charge in [0.2, 0.25) is 0 Å². The van der Waals surface area contributed by atoms with E-state index in [0.717, 1.165) is 13.0 Å². The molecule has 0 bridgehead atoms. The van der Waals surface area contributed by atoms with E-state index in [2.05, 4.69) is 26.0 Å². The molecule has 0 saturated heterocycles. The highest BCUT2D eigenvalue weighted by Crippen LogP contribution is 2.11. The Balaban J connectivity index is 3.18. The molecular weight excluding hydrogens is 342 g/mol. The standard InChI is InChI=1S/C26H53NO/c1-3-5-7-9-11-12-13-14-15-16-17-18-19-20-22-24-26(27)28-25-23-21-10-8-6-4-2/h14-15,26H,3-13,16-25,27H2,1-2H3/b15-14-. The number of hydrogen-bond donors (Lipinski definition) is 1. The number of unbranched alkanes of at least 4 members (excludes halogenated alkanes) is 16. The minimum atomic E-state index is -0.0412. The monoisotopic (exact) mass is 395 g/mol. The van der Waals surface area contributed by atoms with Gasteiger partial charge in [0, 0.05) is 6.61 Å². The fourth-order valence-electron chi connectivity index (χ4n) is 3.62. The molecular formula is C26H53NO. The quantitative estimate of drug-likeness (QED) is 0.107. The molecule has 0 rings (SSSR count). The van der Waals surface area contributed by atoms with Crippen LogP contribution in [0.15, 0.2) is 12.2 Å². The normalized spacial score (nSPS) is 12.8. The van der Waals surface area contributed by atoms with Gasteiger partial charge in [0.05, 0.1) is 0 Å². The van der Waals surface area contributed by atoms with Crippen LogP contribution in [0.4, 0.5) is 0 Å². The van der Waals surface area contributed by atoms with Crippen LogP contribution in [0.1, 0.15) is 142 Å². The molecule has 0 aromatic carbocycles. The van der Waals surface area contributed by atoms with Crippen molar-refractivity contribution < 1.29 is 4.74 Å². The van der Waals surface area contributed by atoms with Crippen molar-refractivity contribution in [2.45, 2.75) is 148 Å². The molecule has 0 aliphatic carbocycles. The topological polar surface area (TPSA) is 35.2 Å². The number of hydrogen-bond acceptors (Lipinski definition) is 2. The molecule has 0 spiro atoms. The first-order chi connectivity index (χ1) is 13.8.